The Morgan fingerprint density at radius 2 is 1.41 bits per heavy atom. The molecular formula is C33H27N3O9S. The summed E-state index contributed by atoms with van der Waals surface area (Å²) in [6.07, 6.45) is 4.93. The third-order valence-corrected chi connectivity index (χ3v) is 10.7. The van der Waals surface area contributed by atoms with E-state index in [-0.39, 0.29) is 39.3 Å². The highest BCUT2D eigenvalue weighted by Gasteiger charge is 2.68. The van der Waals surface area contributed by atoms with Crippen molar-refractivity contribution in [3.63, 3.8) is 0 Å². The van der Waals surface area contributed by atoms with Gasteiger partial charge in [-0.15, -0.1) is 0 Å². The molecule has 234 valence electrons. The van der Waals surface area contributed by atoms with E-state index >= 15 is 0 Å². The van der Waals surface area contributed by atoms with E-state index in [0.717, 1.165) is 34.1 Å². The number of hydrazine groups is 1. The smallest absolute Gasteiger partial charge is 0.339 e. The van der Waals surface area contributed by atoms with Crippen molar-refractivity contribution >= 4 is 39.3 Å². The molecule has 5 aliphatic rings. The minimum atomic E-state index is -4.14. The average Bonchev–Trinajstić information content (AvgIpc) is 3.83. The van der Waals surface area contributed by atoms with Crippen molar-refractivity contribution < 1.29 is 36.7 Å². The van der Waals surface area contributed by atoms with Gasteiger partial charge in [0.15, 0.2) is 5.78 Å². The highest BCUT2D eigenvalue weighted by Crippen LogP contribution is 2.65. The van der Waals surface area contributed by atoms with E-state index < -0.39 is 56.9 Å². The highest BCUT2D eigenvalue weighted by atomic mass is 32.2. The number of ketones is 1. The molecule has 4 aliphatic carbocycles. The molecule has 0 N–H and O–H groups in total. The van der Waals surface area contributed by atoms with Crippen molar-refractivity contribution in [2.24, 2.45) is 35.5 Å². The average molecular weight is 642 g/mol. The fourth-order valence-corrected chi connectivity index (χ4v) is 8.02. The number of hydrogen-bond acceptors (Lipinski definition) is 9. The third-order valence-electron chi connectivity index (χ3n) is 9.43. The van der Waals surface area contributed by atoms with Gasteiger partial charge >= 0.3 is 10.1 Å². The summed E-state index contributed by atoms with van der Waals surface area (Å²) in [4.78, 5) is 65.6. The topological polar surface area (TPSA) is 161 Å². The van der Waals surface area contributed by atoms with Crippen LogP contribution in [-0.4, -0.2) is 53.4 Å². The maximum Gasteiger partial charge on any atom is 0.339 e. The largest absolute Gasteiger partial charge is 0.379 e. The molecule has 0 unspecified atom stereocenters. The Balaban J connectivity index is 1.15. The lowest BCUT2D eigenvalue weighted by atomic mass is 9.63. The number of nitro groups is 1. The maximum absolute atomic E-state index is 13.9. The lowest BCUT2D eigenvalue weighted by molar-refractivity contribution is -0.384. The number of benzene rings is 3. The van der Waals surface area contributed by atoms with E-state index in [2.05, 4.69) is 0 Å². The standard InChI is InChI=1S/C33H27N3O9S/c1-18-2-12-23(13-3-18)46(43,44)45-22-10-6-19(7-11-22)28(37)17-34(31(38)20-4-8-21(9-5-20)36(41)42)35-32(39)29-24-14-15-25(27-16-26(24)27)30(29)33(35)40/h2-15,24-27,29-30H,16-17H2,1H3/t24-,25-,26-,27+,29+,30+/m0/s1. The zero-order valence-electron chi connectivity index (χ0n) is 24.4. The Labute approximate surface area is 263 Å². The van der Waals surface area contributed by atoms with Crippen LogP contribution in [-0.2, 0) is 19.7 Å². The van der Waals surface area contributed by atoms with Crippen molar-refractivity contribution in [2.75, 3.05) is 6.54 Å². The van der Waals surface area contributed by atoms with E-state index in [1.807, 2.05) is 19.1 Å². The fraction of sp³-hybridized carbons (Fsp3) is 0.273. The summed E-state index contributed by atoms with van der Waals surface area (Å²) in [6.45, 7) is 1.13. The quantitative estimate of drug-likeness (QED) is 0.0841. The van der Waals surface area contributed by atoms with Crippen molar-refractivity contribution in [1.29, 1.82) is 0 Å². The molecule has 46 heavy (non-hydrogen) atoms. The summed E-state index contributed by atoms with van der Waals surface area (Å²) in [7, 11) is -4.14. The van der Waals surface area contributed by atoms with E-state index in [4.69, 9.17) is 4.18 Å². The third kappa shape index (κ3) is 4.87. The molecule has 2 saturated carbocycles. The first-order valence-electron chi connectivity index (χ1n) is 14.7. The monoisotopic (exact) mass is 641 g/mol. The predicted molar refractivity (Wildman–Crippen MR) is 160 cm³/mol. The van der Waals surface area contributed by atoms with Crippen LogP contribution in [0.3, 0.4) is 0 Å². The lowest BCUT2D eigenvalue weighted by Crippen LogP contribution is -2.52. The summed E-state index contributed by atoms with van der Waals surface area (Å²) in [6, 6.07) is 16.0. The van der Waals surface area contributed by atoms with Crippen LogP contribution in [0.15, 0.2) is 89.8 Å². The normalized spacial score (nSPS) is 25.5. The molecule has 3 aromatic rings. The second-order valence-corrected chi connectivity index (χ2v) is 13.7. The summed E-state index contributed by atoms with van der Waals surface area (Å²) in [5.74, 6) is -3.46. The van der Waals surface area contributed by atoms with E-state index in [0.29, 0.717) is 11.8 Å². The van der Waals surface area contributed by atoms with Crippen LogP contribution in [0.4, 0.5) is 5.69 Å². The van der Waals surface area contributed by atoms with Gasteiger partial charge in [-0.3, -0.25) is 29.3 Å². The SMILES string of the molecule is Cc1ccc(S(=O)(=O)Oc2ccc(C(=O)CN(C(=O)c3ccc([N+](=O)[O-])cc3)N3C(=O)[C@@H]4[C@H]5C=C[C@@H]([C@@H]6C[C@H]56)[C@H]4C3=O)cc2)cc1. The molecule has 8 rings (SSSR count). The Hall–Kier alpha value is -5.17. The molecule has 0 aromatic heterocycles. The first kappa shape index (κ1) is 29.5. The van der Waals surface area contributed by atoms with E-state index in [9.17, 15) is 37.7 Å². The number of non-ortho nitro benzene ring substituents is 1. The van der Waals surface area contributed by atoms with Crippen LogP contribution in [0.5, 0.6) is 5.75 Å². The number of nitrogens with zero attached hydrogens (tertiary/aromatic N) is 3. The van der Waals surface area contributed by atoms with Gasteiger partial charge in [-0.05, 0) is 85.5 Å². The van der Waals surface area contributed by atoms with Gasteiger partial charge in [0, 0.05) is 23.3 Å². The molecule has 13 heteroatoms. The second-order valence-electron chi connectivity index (χ2n) is 12.1. The summed E-state index contributed by atoms with van der Waals surface area (Å²) < 4.78 is 30.6. The van der Waals surface area contributed by atoms with Crippen molar-refractivity contribution in [2.45, 2.75) is 18.2 Å². The number of Topliss-reactive ketones (excluding diaryl/α,β-unsaturated/α-hetero) is 1. The maximum atomic E-state index is 13.9. The summed E-state index contributed by atoms with van der Waals surface area (Å²) in [5.41, 5.74) is 0.635. The summed E-state index contributed by atoms with van der Waals surface area (Å²) >= 11 is 0. The molecule has 1 saturated heterocycles. The van der Waals surface area contributed by atoms with E-state index in [1.54, 1.807) is 12.1 Å². The Morgan fingerprint density at radius 3 is 1.96 bits per heavy atom. The Kier molecular flexibility index (Phi) is 6.89. The van der Waals surface area contributed by atoms with Crippen LogP contribution in [0.2, 0.25) is 0 Å². The molecule has 3 amide bonds. The number of amides is 3. The van der Waals surface area contributed by atoms with Crippen LogP contribution < -0.4 is 4.18 Å². The zero-order chi connectivity index (χ0) is 32.5. The van der Waals surface area contributed by atoms with Gasteiger partial charge in [0.2, 0.25) is 0 Å². The van der Waals surface area contributed by atoms with Gasteiger partial charge in [0.1, 0.15) is 17.2 Å². The van der Waals surface area contributed by atoms with Crippen LogP contribution >= 0.6 is 0 Å². The number of carbonyl (C=O) groups is 4. The highest BCUT2D eigenvalue weighted by molar-refractivity contribution is 7.87. The molecule has 3 fully saturated rings. The minimum Gasteiger partial charge on any atom is -0.379 e. The number of allylic oxidation sites excluding steroid dienone is 2. The summed E-state index contributed by atoms with van der Waals surface area (Å²) in [5, 5.41) is 12.8. The van der Waals surface area contributed by atoms with Crippen LogP contribution in [0.25, 0.3) is 0 Å². The lowest BCUT2D eigenvalue weighted by Gasteiger charge is -2.37. The number of imide groups is 1. The van der Waals surface area contributed by atoms with Gasteiger partial charge in [-0.25, -0.2) is 5.01 Å². The van der Waals surface area contributed by atoms with E-state index in [1.165, 1.54) is 48.5 Å². The predicted octanol–water partition coefficient (Wildman–Crippen LogP) is 3.96. The van der Waals surface area contributed by atoms with Gasteiger partial charge < -0.3 is 4.18 Å². The molecule has 0 spiro atoms. The molecule has 0 radical (unpaired) electrons. The number of hydrogen-bond donors (Lipinski definition) is 0. The molecule has 1 heterocycles. The fourth-order valence-electron chi connectivity index (χ4n) is 7.09. The number of carbonyl (C=O) groups excluding carboxylic acids is 4. The Morgan fingerprint density at radius 1 is 0.870 bits per heavy atom. The van der Waals surface area contributed by atoms with Gasteiger partial charge in [0.25, 0.3) is 23.4 Å². The molecule has 6 atom stereocenters. The molecule has 1 aliphatic heterocycles. The molecular weight excluding hydrogens is 614 g/mol. The molecule has 12 nitrogen and oxygen atoms in total. The first-order valence-corrected chi connectivity index (χ1v) is 16.1. The number of nitro benzene ring substituents is 1. The zero-order valence-corrected chi connectivity index (χ0v) is 25.2. The number of rotatable bonds is 9. The van der Waals surface area contributed by atoms with Crippen molar-refractivity contribution in [1.82, 2.24) is 10.0 Å². The molecule has 3 aromatic carbocycles. The van der Waals surface area contributed by atoms with Crippen LogP contribution in [0, 0.1) is 52.5 Å². The first-order chi connectivity index (χ1) is 21.9. The van der Waals surface area contributed by atoms with Gasteiger partial charge in [-0.1, -0.05) is 29.8 Å². The van der Waals surface area contributed by atoms with Crippen LogP contribution in [0.1, 0.15) is 32.7 Å². The molecule has 2 bridgehead atoms. The number of aryl methyl sites for hydroxylation is 1. The van der Waals surface area contributed by atoms with Gasteiger partial charge in [0.05, 0.1) is 16.8 Å². The van der Waals surface area contributed by atoms with Gasteiger partial charge in [-0.2, -0.15) is 13.4 Å². The van der Waals surface area contributed by atoms with Crippen molar-refractivity contribution in [3.8, 4) is 5.75 Å². The Bertz CT molecular complexity index is 1900. The van der Waals surface area contributed by atoms with Crippen molar-refractivity contribution in [3.05, 3.63) is 112 Å². The second kappa shape index (κ2) is 10.7. The minimum absolute atomic E-state index is 0.0416.